The van der Waals surface area contributed by atoms with Crippen LogP contribution in [0.15, 0.2) is 47.4 Å². The summed E-state index contributed by atoms with van der Waals surface area (Å²) < 4.78 is 13.6. The van der Waals surface area contributed by atoms with Crippen molar-refractivity contribution in [1.82, 2.24) is 4.90 Å². The lowest BCUT2D eigenvalue weighted by atomic mass is 9.94. The highest BCUT2D eigenvalue weighted by atomic mass is 127. The minimum absolute atomic E-state index is 0.0317. The molecule has 1 aliphatic carbocycles. The van der Waals surface area contributed by atoms with Crippen molar-refractivity contribution < 1.29 is 14.3 Å². The number of carbonyl (C=O) groups is 1. The fourth-order valence-corrected chi connectivity index (χ4v) is 6.27. The largest absolute Gasteiger partial charge is 0.490 e. The number of hydrogen-bond donors (Lipinski definition) is 0. The third-order valence-electron chi connectivity index (χ3n) is 5.62. The van der Waals surface area contributed by atoms with Crippen LogP contribution in [0.3, 0.4) is 0 Å². The van der Waals surface area contributed by atoms with E-state index in [2.05, 4.69) is 22.6 Å². The van der Waals surface area contributed by atoms with Crippen LogP contribution in [-0.4, -0.2) is 27.8 Å². The lowest BCUT2D eigenvalue weighted by Gasteiger charge is -2.29. The summed E-state index contributed by atoms with van der Waals surface area (Å²) in [4.78, 5) is 15.7. The van der Waals surface area contributed by atoms with Crippen molar-refractivity contribution in [1.29, 1.82) is 0 Å². The van der Waals surface area contributed by atoms with Crippen molar-refractivity contribution in [2.24, 2.45) is 0 Å². The number of hydrogen-bond acceptors (Lipinski definition) is 5. The lowest BCUT2D eigenvalue weighted by molar-refractivity contribution is -0.124. The Morgan fingerprint density at radius 2 is 1.91 bits per heavy atom. The van der Waals surface area contributed by atoms with Crippen LogP contribution < -0.4 is 9.47 Å². The Hall–Kier alpha value is -1.58. The molecule has 2 aliphatic rings. The summed E-state index contributed by atoms with van der Waals surface area (Å²) in [6.45, 7) is 2.96. The number of carbonyl (C=O) groups excluding carboxylic acids is 1. The Labute approximate surface area is 212 Å². The molecule has 2 aromatic rings. The molecule has 0 radical (unpaired) electrons. The van der Waals surface area contributed by atoms with E-state index in [9.17, 15) is 4.79 Å². The number of halogens is 1. The molecule has 0 spiro atoms. The monoisotopic (exact) mass is 579 g/mol. The maximum absolute atomic E-state index is 13.1. The summed E-state index contributed by atoms with van der Waals surface area (Å²) in [7, 11) is 0. The van der Waals surface area contributed by atoms with E-state index in [4.69, 9.17) is 21.7 Å². The average molecular weight is 580 g/mol. The number of benzene rings is 2. The third kappa shape index (κ3) is 5.48. The molecule has 1 saturated carbocycles. The maximum Gasteiger partial charge on any atom is 0.266 e. The van der Waals surface area contributed by atoms with Gasteiger partial charge in [0.2, 0.25) is 0 Å². The van der Waals surface area contributed by atoms with Crippen molar-refractivity contribution in [3.63, 3.8) is 0 Å². The van der Waals surface area contributed by atoms with E-state index in [1.807, 2.05) is 60.4 Å². The van der Waals surface area contributed by atoms with Gasteiger partial charge in [-0.15, -0.1) is 0 Å². The molecule has 7 heteroatoms. The van der Waals surface area contributed by atoms with Gasteiger partial charge in [-0.2, -0.15) is 0 Å². The van der Waals surface area contributed by atoms with Crippen molar-refractivity contribution in [2.45, 2.75) is 51.7 Å². The smallest absolute Gasteiger partial charge is 0.266 e. The number of thiocarbonyl (C=S) groups is 1. The third-order valence-corrected chi connectivity index (χ3v) is 7.75. The predicted octanol–water partition coefficient (Wildman–Crippen LogP) is 6.80. The van der Waals surface area contributed by atoms with Gasteiger partial charge in [-0.05, 0) is 71.7 Å². The van der Waals surface area contributed by atoms with Gasteiger partial charge in [-0.3, -0.25) is 9.69 Å². The second kappa shape index (κ2) is 11.0. The van der Waals surface area contributed by atoms with E-state index in [1.165, 1.54) is 31.0 Å². The molecule has 1 aliphatic heterocycles. The van der Waals surface area contributed by atoms with Crippen LogP contribution in [0.1, 0.15) is 50.2 Å². The number of thioether (sulfide) groups is 1. The van der Waals surface area contributed by atoms with Crippen LogP contribution in [-0.2, 0) is 11.4 Å². The molecule has 2 fully saturated rings. The fourth-order valence-electron chi connectivity index (χ4n) is 4.09. The molecule has 0 aromatic heterocycles. The molecule has 1 heterocycles. The van der Waals surface area contributed by atoms with Crippen LogP contribution in [0.5, 0.6) is 11.5 Å². The number of nitrogens with zero attached hydrogens (tertiary/aromatic N) is 1. The molecule has 4 nitrogen and oxygen atoms in total. The Morgan fingerprint density at radius 1 is 1.16 bits per heavy atom. The average Bonchev–Trinajstić information content (AvgIpc) is 3.07. The molecule has 1 amide bonds. The highest BCUT2D eigenvalue weighted by Gasteiger charge is 2.37. The topological polar surface area (TPSA) is 38.8 Å². The molecule has 0 unspecified atom stereocenters. The summed E-state index contributed by atoms with van der Waals surface area (Å²) >= 11 is 9.24. The van der Waals surface area contributed by atoms with E-state index in [1.54, 1.807) is 0 Å². The first-order valence-corrected chi connectivity index (χ1v) is 13.3. The van der Waals surface area contributed by atoms with Crippen LogP contribution in [0.4, 0.5) is 0 Å². The van der Waals surface area contributed by atoms with Gasteiger partial charge in [0.15, 0.2) is 11.5 Å². The van der Waals surface area contributed by atoms with Crippen LogP contribution in [0, 0.1) is 3.57 Å². The van der Waals surface area contributed by atoms with Gasteiger partial charge in [-0.1, -0.05) is 73.6 Å². The molecule has 2 aromatic carbocycles. The summed E-state index contributed by atoms with van der Waals surface area (Å²) in [6, 6.07) is 14.3. The Bertz CT molecular complexity index is 1020. The van der Waals surface area contributed by atoms with E-state index in [-0.39, 0.29) is 11.9 Å². The Kier molecular flexibility index (Phi) is 8.12. The van der Waals surface area contributed by atoms with E-state index in [0.717, 1.165) is 33.3 Å². The highest BCUT2D eigenvalue weighted by molar-refractivity contribution is 14.1. The first kappa shape index (κ1) is 23.6. The summed E-state index contributed by atoms with van der Waals surface area (Å²) in [6.07, 6.45) is 7.59. The van der Waals surface area contributed by atoms with Gasteiger partial charge in [-0.25, -0.2) is 0 Å². The van der Waals surface area contributed by atoms with E-state index >= 15 is 0 Å². The second-order valence-electron chi connectivity index (χ2n) is 7.88. The summed E-state index contributed by atoms with van der Waals surface area (Å²) in [5.41, 5.74) is 2.01. The first-order valence-electron chi connectivity index (χ1n) is 11.0. The van der Waals surface area contributed by atoms with Gasteiger partial charge >= 0.3 is 0 Å². The highest BCUT2D eigenvalue weighted by Crippen LogP contribution is 2.39. The second-order valence-corrected chi connectivity index (χ2v) is 10.7. The minimum atomic E-state index is 0.0317. The standard InChI is InChI=1S/C25H26INO3S2/c1-2-29-21-14-18(13-20(26)23(21)30-16-17-9-5-3-6-10-17)15-22-24(28)27(25(31)32-22)19-11-7-4-8-12-19/h3,5-6,9-10,13-15,19H,2,4,7-8,11-12,16H2,1H3/b22-15-. The van der Waals surface area contributed by atoms with Crippen LogP contribution in [0.2, 0.25) is 0 Å². The van der Waals surface area contributed by atoms with Gasteiger partial charge in [0, 0.05) is 6.04 Å². The zero-order valence-electron chi connectivity index (χ0n) is 18.0. The van der Waals surface area contributed by atoms with E-state index in [0.29, 0.717) is 28.2 Å². The van der Waals surface area contributed by atoms with Gasteiger partial charge in [0.05, 0.1) is 15.1 Å². The number of ether oxygens (including phenoxy) is 2. The molecule has 1 saturated heterocycles. The molecule has 4 rings (SSSR count). The zero-order valence-corrected chi connectivity index (χ0v) is 21.8. The quantitative estimate of drug-likeness (QED) is 0.205. The van der Waals surface area contributed by atoms with Crippen molar-refractivity contribution in [3.05, 3.63) is 62.1 Å². The zero-order chi connectivity index (χ0) is 22.5. The lowest BCUT2D eigenvalue weighted by Crippen LogP contribution is -2.39. The minimum Gasteiger partial charge on any atom is -0.490 e. The predicted molar refractivity (Wildman–Crippen MR) is 143 cm³/mol. The van der Waals surface area contributed by atoms with Crippen LogP contribution in [0.25, 0.3) is 6.08 Å². The molecular formula is C25H26INO3S2. The van der Waals surface area contributed by atoms with Gasteiger partial charge in [0.25, 0.3) is 5.91 Å². The van der Waals surface area contributed by atoms with Crippen LogP contribution >= 0.6 is 46.6 Å². The summed E-state index contributed by atoms with van der Waals surface area (Å²) in [5.74, 6) is 1.44. The van der Waals surface area contributed by atoms with Gasteiger partial charge in [0.1, 0.15) is 10.9 Å². The molecule has 0 atom stereocenters. The molecule has 0 N–H and O–H groups in total. The van der Waals surface area contributed by atoms with Crippen molar-refractivity contribution in [2.75, 3.05) is 6.61 Å². The Morgan fingerprint density at radius 3 is 2.62 bits per heavy atom. The Balaban J connectivity index is 1.56. The first-order chi connectivity index (χ1) is 15.6. The molecular weight excluding hydrogens is 553 g/mol. The molecule has 168 valence electrons. The molecule has 0 bridgehead atoms. The van der Waals surface area contributed by atoms with Crippen molar-refractivity contribution in [3.8, 4) is 11.5 Å². The van der Waals surface area contributed by atoms with Gasteiger partial charge < -0.3 is 9.47 Å². The SMILES string of the molecule is CCOc1cc(/C=C2\SC(=S)N(C3CCCCC3)C2=O)cc(I)c1OCc1ccccc1. The van der Waals surface area contributed by atoms with E-state index < -0.39 is 0 Å². The fraction of sp³-hybridized carbons (Fsp3) is 0.360. The maximum atomic E-state index is 13.1. The summed E-state index contributed by atoms with van der Waals surface area (Å²) in [5, 5.41) is 0. The number of amides is 1. The van der Waals surface area contributed by atoms with Crippen molar-refractivity contribution >= 4 is 62.9 Å². The number of rotatable bonds is 7. The normalized spacial score (nSPS) is 18.4. The molecule has 32 heavy (non-hydrogen) atoms.